The molecule has 3 N–H and O–H groups in total. The van der Waals surface area contributed by atoms with Gasteiger partial charge in [-0.05, 0) is 31.9 Å². The van der Waals surface area contributed by atoms with Gasteiger partial charge in [-0.2, -0.15) is 14.9 Å². The second-order valence-corrected chi connectivity index (χ2v) is 5.82. The number of amides is 2. The van der Waals surface area contributed by atoms with Gasteiger partial charge in [0.1, 0.15) is 5.82 Å². The van der Waals surface area contributed by atoms with E-state index in [1.807, 2.05) is 25.1 Å². The molecule has 0 saturated heterocycles. The molecule has 0 radical (unpaired) electrons. The largest absolute Gasteiger partial charge is 0.324 e. The van der Waals surface area contributed by atoms with Crippen LogP contribution in [0, 0.1) is 6.92 Å². The summed E-state index contributed by atoms with van der Waals surface area (Å²) in [5, 5.41) is 17.0. The Labute approximate surface area is 138 Å². The molecule has 1 aliphatic carbocycles. The molecule has 0 spiro atoms. The van der Waals surface area contributed by atoms with Gasteiger partial charge < -0.3 is 5.32 Å². The zero-order valence-corrected chi connectivity index (χ0v) is 13.2. The molecule has 122 valence electrons. The van der Waals surface area contributed by atoms with Crippen molar-refractivity contribution in [3.63, 3.8) is 0 Å². The first kappa shape index (κ1) is 14.4. The van der Waals surface area contributed by atoms with Crippen molar-refractivity contribution in [1.82, 2.24) is 25.0 Å². The van der Waals surface area contributed by atoms with Gasteiger partial charge in [-0.3, -0.25) is 10.4 Å². The lowest BCUT2D eigenvalue weighted by Gasteiger charge is -2.09. The molecule has 3 aromatic heterocycles. The van der Waals surface area contributed by atoms with Crippen LogP contribution < -0.4 is 10.6 Å². The van der Waals surface area contributed by atoms with Crippen LogP contribution in [0.4, 0.5) is 16.3 Å². The standard InChI is InChI=1S/C16H17N7O/c1-10-8-14(23(22-10)13-4-2-3-7-17-13)20-16(24)19-12-9-18-21-15(12)11-5-6-11/h2-4,7-9,11H,5-6H2,1H3,(H,18,21)(H2,19,20,24). The van der Waals surface area contributed by atoms with Crippen molar-refractivity contribution in [1.29, 1.82) is 0 Å². The number of carbonyl (C=O) groups is 1. The predicted octanol–water partition coefficient (Wildman–Crippen LogP) is 2.82. The third-order valence-corrected chi connectivity index (χ3v) is 3.84. The van der Waals surface area contributed by atoms with Crippen LogP contribution in [-0.2, 0) is 0 Å². The number of carbonyl (C=O) groups excluding carboxylic acids is 1. The summed E-state index contributed by atoms with van der Waals surface area (Å²) < 4.78 is 1.60. The van der Waals surface area contributed by atoms with E-state index in [9.17, 15) is 4.79 Å². The lowest BCUT2D eigenvalue weighted by Crippen LogP contribution is -2.21. The van der Waals surface area contributed by atoms with Crippen LogP contribution in [0.5, 0.6) is 0 Å². The minimum Gasteiger partial charge on any atom is -0.305 e. The second-order valence-electron chi connectivity index (χ2n) is 5.82. The number of rotatable bonds is 4. The highest BCUT2D eigenvalue weighted by Crippen LogP contribution is 2.42. The summed E-state index contributed by atoms with van der Waals surface area (Å²) in [6, 6.07) is 6.99. The number of nitrogens with one attached hydrogen (secondary N) is 3. The Kier molecular flexibility index (Phi) is 3.49. The van der Waals surface area contributed by atoms with Gasteiger partial charge in [-0.25, -0.2) is 9.78 Å². The molecule has 4 rings (SSSR count). The molecular weight excluding hydrogens is 306 g/mol. The number of aromatic amines is 1. The highest BCUT2D eigenvalue weighted by molar-refractivity contribution is 5.99. The number of aryl methyl sites for hydroxylation is 1. The Morgan fingerprint density at radius 3 is 2.96 bits per heavy atom. The minimum absolute atomic E-state index is 0.338. The molecule has 3 heterocycles. The molecule has 24 heavy (non-hydrogen) atoms. The minimum atomic E-state index is -0.338. The van der Waals surface area contributed by atoms with E-state index in [1.54, 1.807) is 23.1 Å². The summed E-state index contributed by atoms with van der Waals surface area (Å²) in [6.45, 7) is 1.86. The number of pyridine rings is 1. The van der Waals surface area contributed by atoms with Gasteiger partial charge in [0.2, 0.25) is 0 Å². The number of nitrogens with zero attached hydrogens (tertiary/aromatic N) is 4. The zero-order valence-electron chi connectivity index (χ0n) is 13.2. The van der Waals surface area contributed by atoms with E-state index in [2.05, 4.69) is 30.9 Å². The van der Waals surface area contributed by atoms with Gasteiger partial charge in [0.05, 0.1) is 23.3 Å². The number of H-pyrrole nitrogens is 1. The third-order valence-electron chi connectivity index (χ3n) is 3.84. The van der Waals surface area contributed by atoms with E-state index in [0.717, 1.165) is 29.9 Å². The molecule has 1 fully saturated rings. The highest BCUT2D eigenvalue weighted by Gasteiger charge is 2.28. The molecule has 0 atom stereocenters. The molecule has 0 aliphatic heterocycles. The maximum absolute atomic E-state index is 12.3. The van der Waals surface area contributed by atoms with Crippen molar-refractivity contribution in [3.05, 3.63) is 48.0 Å². The fourth-order valence-electron chi connectivity index (χ4n) is 2.59. The molecule has 0 unspecified atom stereocenters. The summed E-state index contributed by atoms with van der Waals surface area (Å²) in [5.74, 6) is 1.67. The number of urea groups is 1. The first-order chi connectivity index (χ1) is 11.7. The van der Waals surface area contributed by atoms with Crippen LogP contribution >= 0.6 is 0 Å². The molecule has 1 aliphatic rings. The van der Waals surface area contributed by atoms with Gasteiger partial charge in [0.15, 0.2) is 5.82 Å². The lowest BCUT2D eigenvalue weighted by molar-refractivity contribution is 0.262. The maximum atomic E-state index is 12.3. The van der Waals surface area contributed by atoms with Gasteiger partial charge in [-0.1, -0.05) is 6.07 Å². The highest BCUT2D eigenvalue weighted by atomic mass is 16.2. The maximum Gasteiger partial charge on any atom is 0.324 e. The van der Waals surface area contributed by atoms with Crippen LogP contribution in [0.15, 0.2) is 36.7 Å². The van der Waals surface area contributed by atoms with Crippen molar-refractivity contribution in [3.8, 4) is 5.82 Å². The van der Waals surface area contributed by atoms with Crippen LogP contribution in [0.1, 0.15) is 30.1 Å². The van der Waals surface area contributed by atoms with E-state index < -0.39 is 0 Å². The third kappa shape index (κ3) is 2.85. The number of anilines is 2. The van der Waals surface area contributed by atoms with Crippen LogP contribution in [0.2, 0.25) is 0 Å². The van der Waals surface area contributed by atoms with Crippen molar-refractivity contribution in [2.75, 3.05) is 10.6 Å². The van der Waals surface area contributed by atoms with E-state index in [-0.39, 0.29) is 6.03 Å². The average Bonchev–Trinajstić information content (AvgIpc) is 3.21. The topological polar surface area (TPSA) is 101 Å². The Balaban J connectivity index is 1.53. The Morgan fingerprint density at radius 1 is 1.33 bits per heavy atom. The molecule has 8 heteroatoms. The molecule has 8 nitrogen and oxygen atoms in total. The number of hydrogen-bond donors (Lipinski definition) is 3. The first-order valence-corrected chi connectivity index (χ1v) is 7.80. The molecule has 2 amide bonds. The summed E-state index contributed by atoms with van der Waals surface area (Å²) >= 11 is 0. The van der Waals surface area contributed by atoms with Gasteiger partial charge >= 0.3 is 6.03 Å². The van der Waals surface area contributed by atoms with Gasteiger partial charge in [-0.15, -0.1) is 0 Å². The molecule has 0 aromatic carbocycles. The summed E-state index contributed by atoms with van der Waals surface area (Å²) in [6.07, 6.45) is 5.58. The predicted molar refractivity (Wildman–Crippen MR) is 89.3 cm³/mol. The first-order valence-electron chi connectivity index (χ1n) is 7.80. The van der Waals surface area contributed by atoms with E-state index >= 15 is 0 Å². The normalized spacial score (nSPS) is 13.7. The van der Waals surface area contributed by atoms with Crippen LogP contribution in [-0.4, -0.2) is 31.0 Å². The van der Waals surface area contributed by atoms with Gasteiger partial charge in [0.25, 0.3) is 0 Å². The Morgan fingerprint density at radius 2 is 2.21 bits per heavy atom. The molecule has 3 aromatic rings. The number of hydrogen-bond acceptors (Lipinski definition) is 4. The van der Waals surface area contributed by atoms with Gasteiger partial charge in [0, 0.05) is 18.2 Å². The molecule has 0 bridgehead atoms. The average molecular weight is 323 g/mol. The summed E-state index contributed by atoms with van der Waals surface area (Å²) in [7, 11) is 0. The van der Waals surface area contributed by atoms with E-state index in [4.69, 9.17) is 0 Å². The zero-order chi connectivity index (χ0) is 16.5. The van der Waals surface area contributed by atoms with Crippen molar-refractivity contribution in [2.45, 2.75) is 25.7 Å². The van der Waals surface area contributed by atoms with Crippen molar-refractivity contribution in [2.24, 2.45) is 0 Å². The smallest absolute Gasteiger partial charge is 0.305 e. The summed E-state index contributed by atoms with van der Waals surface area (Å²) in [4.78, 5) is 16.6. The van der Waals surface area contributed by atoms with Crippen molar-refractivity contribution >= 4 is 17.5 Å². The molecule has 1 saturated carbocycles. The fourth-order valence-corrected chi connectivity index (χ4v) is 2.59. The SMILES string of the molecule is Cc1cc(NC(=O)Nc2cn[nH]c2C2CC2)n(-c2ccccn2)n1. The van der Waals surface area contributed by atoms with E-state index in [1.165, 1.54) is 0 Å². The lowest BCUT2D eigenvalue weighted by atomic mass is 10.2. The Hall–Kier alpha value is -3.16. The Bertz CT molecular complexity index is 864. The molecular formula is C16H17N7O. The van der Waals surface area contributed by atoms with Crippen LogP contribution in [0.25, 0.3) is 5.82 Å². The number of aromatic nitrogens is 5. The van der Waals surface area contributed by atoms with Crippen molar-refractivity contribution < 1.29 is 4.79 Å². The van der Waals surface area contributed by atoms with Crippen LogP contribution in [0.3, 0.4) is 0 Å². The summed E-state index contributed by atoms with van der Waals surface area (Å²) in [5.41, 5.74) is 2.49. The fraction of sp³-hybridized carbons (Fsp3) is 0.250. The quantitative estimate of drug-likeness (QED) is 0.687. The monoisotopic (exact) mass is 323 g/mol. The van der Waals surface area contributed by atoms with E-state index in [0.29, 0.717) is 17.6 Å². The second kappa shape index (κ2) is 5.80.